The normalized spacial score (nSPS) is 12.6. The van der Waals surface area contributed by atoms with Crippen molar-refractivity contribution in [2.45, 2.75) is 24.6 Å². The zero-order chi connectivity index (χ0) is 20.6. The van der Waals surface area contributed by atoms with Crippen LogP contribution in [0.4, 0.5) is 17.3 Å². The lowest BCUT2D eigenvalue weighted by atomic mass is 10.3. The average molecular weight is 446 g/mol. The third-order valence-corrected chi connectivity index (χ3v) is 7.85. The van der Waals surface area contributed by atoms with Crippen LogP contribution in [0.3, 0.4) is 0 Å². The summed E-state index contributed by atoms with van der Waals surface area (Å²) in [7, 11) is -1.05. The van der Waals surface area contributed by atoms with Crippen LogP contribution in [0.5, 0.6) is 5.75 Å². The molecule has 13 heteroatoms. The van der Waals surface area contributed by atoms with Crippen molar-refractivity contribution in [1.82, 2.24) is 13.1 Å². The SMILES string of the molecule is Cc1ccc(CNc2n[s+]([O-])nc2Nc2c(C)sc(S(=O)(=O)N(C)C)c2O)o1. The second-order valence-corrected chi connectivity index (χ2v) is 10.5. The highest BCUT2D eigenvalue weighted by atomic mass is 32.2. The van der Waals surface area contributed by atoms with Crippen LogP contribution in [0.25, 0.3) is 0 Å². The molecule has 28 heavy (non-hydrogen) atoms. The number of rotatable bonds is 7. The van der Waals surface area contributed by atoms with E-state index in [-0.39, 0.29) is 21.5 Å². The molecule has 0 saturated heterocycles. The summed E-state index contributed by atoms with van der Waals surface area (Å²) in [6.07, 6.45) is 0. The predicted molar refractivity (Wildman–Crippen MR) is 106 cm³/mol. The molecule has 3 aromatic rings. The largest absolute Gasteiger partial charge is 0.546 e. The van der Waals surface area contributed by atoms with E-state index in [1.807, 2.05) is 13.0 Å². The Labute approximate surface area is 169 Å². The number of furan rings is 1. The van der Waals surface area contributed by atoms with E-state index in [1.54, 1.807) is 13.0 Å². The van der Waals surface area contributed by atoms with Gasteiger partial charge in [-0.3, -0.25) is 0 Å². The van der Waals surface area contributed by atoms with Crippen LogP contribution in [0.15, 0.2) is 20.8 Å². The molecule has 1 atom stereocenters. The number of anilines is 3. The van der Waals surface area contributed by atoms with Gasteiger partial charge in [0.25, 0.3) is 10.0 Å². The molecule has 0 aliphatic carbocycles. The van der Waals surface area contributed by atoms with Crippen molar-refractivity contribution in [2.75, 3.05) is 24.7 Å². The molecule has 0 fully saturated rings. The number of aryl methyl sites for hydroxylation is 2. The van der Waals surface area contributed by atoms with E-state index in [9.17, 15) is 18.1 Å². The summed E-state index contributed by atoms with van der Waals surface area (Å²) in [4.78, 5) is 0.527. The third kappa shape index (κ3) is 3.98. The minimum Gasteiger partial charge on any atom is -0.546 e. The fourth-order valence-electron chi connectivity index (χ4n) is 2.33. The number of nitrogens with one attached hydrogen (secondary N) is 2. The van der Waals surface area contributed by atoms with Gasteiger partial charge in [0.2, 0.25) is 11.6 Å². The van der Waals surface area contributed by atoms with Gasteiger partial charge < -0.3 is 24.7 Å². The summed E-state index contributed by atoms with van der Waals surface area (Å²) in [5, 5.41) is 16.3. The van der Waals surface area contributed by atoms with Gasteiger partial charge in [-0.05, 0) is 26.0 Å². The molecule has 3 N–H and O–H groups in total. The molecule has 10 nitrogen and oxygen atoms in total. The Morgan fingerprint density at radius 3 is 2.57 bits per heavy atom. The number of aromatic hydroxyl groups is 1. The highest BCUT2D eigenvalue weighted by molar-refractivity contribution is 7.91. The van der Waals surface area contributed by atoms with Crippen molar-refractivity contribution in [3.63, 3.8) is 0 Å². The van der Waals surface area contributed by atoms with Gasteiger partial charge in [0.05, 0.1) is 12.2 Å². The second kappa shape index (κ2) is 7.67. The van der Waals surface area contributed by atoms with Crippen LogP contribution < -0.4 is 10.6 Å². The first kappa shape index (κ1) is 20.5. The quantitative estimate of drug-likeness (QED) is 0.468. The number of aromatic nitrogens is 2. The van der Waals surface area contributed by atoms with E-state index in [4.69, 9.17) is 4.42 Å². The molecule has 3 aromatic heterocycles. The summed E-state index contributed by atoms with van der Waals surface area (Å²) < 4.78 is 50.6. The zero-order valence-corrected chi connectivity index (χ0v) is 18.0. The Hall–Kier alpha value is -2.19. The molecule has 0 spiro atoms. The van der Waals surface area contributed by atoms with Crippen molar-refractivity contribution in [3.05, 3.63) is 28.5 Å². The molecule has 0 amide bonds. The van der Waals surface area contributed by atoms with Gasteiger partial charge in [-0.1, -0.05) is 0 Å². The predicted octanol–water partition coefficient (Wildman–Crippen LogP) is 2.79. The Bertz CT molecular complexity index is 1100. The van der Waals surface area contributed by atoms with Crippen LogP contribution in [0.1, 0.15) is 16.4 Å². The zero-order valence-electron chi connectivity index (χ0n) is 15.5. The molecule has 0 aliphatic heterocycles. The van der Waals surface area contributed by atoms with Crippen molar-refractivity contribution < 1.29 is 22.5 Å². The van der Waals surface area contributed by atoms with Crippen LogP contribution >= 0.6 is 22.5 Å². The minimum atomic E-state index is -3.81. The van der Waals surface area contributed by atoms with E-state index >= 15 is 0 Å². The topological polar surface area (TPSA) is 144 Å². The first-order valence-electron chi connectivity index (χ1n) is 8.00. The molecule has 3 rings (SSSR count). The summed E-state index contributed by atoms with van der Waals surface area (Å²) >= 11 is -0.898. The van der Waals surface area contributed by atoms with Crippen molar-refractivity contribution >= 4 is 49.8 Å². The Morgan fingerprint density at radius 2 is 1.96 bits per heavy atom. The van der Waals surface area contributed by atoms with E-state index in [0.29, 0.717) is 17.2 Å². The molecule has 0 saturated carbocycles. The molecule has 0 aliphatic rings. The maximum atomic E-state index is 12.4. The van der Waals surface area contributed by atoms with E-state index in [1.165, 1.54) is 14.1 Å². The van der Waals surface area contributed by atoms with Gasteiger partial charge in [-0.2, -0.15) is 0 Å². The van der Waals surface area contributed by atoms with E-state index in [0.717, 1.165) is 21.4 Å². The van der Waals surface area contributed by atoms with Crippen molar-refractivity contribution in [1.29, 1.82) is 0 Å². The van der Waals surface area contributed by atoms with E-state index < -0.39 is 26.9 Å². The maximum Gasteiger partial charge on any atom is 0.255 e. The lowest BCUT2D eigenvalue weighted by Gasteiger charge is -2.09. The molecule has 0 bridgehead atoms. The highest BCUT2D eigenvalue weighted by Gasteiger charge is 2.29. The third-order valence-electron chi connectivity index (χ3n) is 3.78. The van der Waals surface area contributed by atoms with Crippen LogP contribution in [-0.4, -0.2) is 45.2 Å². The number of sulfonamides is 1. The smallest absolute Gasteiger partial charge is 0.255 e. The van der Waals surface area contributed by atoms with Crippen LogP contribution in [0.2, 0.25) is 0 Å². The van der Waals surface area contributed by atoms with Gasteiger partial charge in [0.15, 0.2) is 21.1 Å². The molecular weight excluding hydrogens is 426 g/mol. The fraction of sp³-hybridized carbons (Fsp3) is 0.333. The van der Waals surface area contributed by atoms with Gasteiger partial charge in [0.1, 0.15) is 11.5 Å². The van der Waals surface area contributed by atoms with Gasteiger partial charge in [-0.15, -0.1) is 11.3 Å². The van der Waals surface area contributed by atoms with Crippen LogP contribution in [0, 0.1) is 13.8 Å². The number of nitrogens with zero attached hydrogens (tertiary/aromatic N) is 3. The maximum absolute atomic E-state index is 12.4. The van der Waals surface area contributed by atoms with Crippen molar-refractivity contribution in [2.24, 2.45) is 0 Å². The van der Waals surface area contributed by atoms with Gasteiger partial charge in [0, 0.05) is 27.7 Å². The summed E-state index contributed by atoms with van der Waals surface area (Å²) in [5.41, 5.74) is 0.173. The van der Waals surface area contributed by atoms with Gasteiger partial charge >= 0.3 is 0 Å². The minimum absolute atomic E-state index is 0.131. The molecule has 152 valence electrons. The number of thiophene rings is 1. The fourth-order valence-corrected chi connectivity index (χ4v) is 5.61. The molecule has 0 radical (unpaired) electrons. The first-order valence-corrected chi connectivity index (χ1v) is 11.3. The summed E-state index contributed by atoms with van der Waals surface area (Å²) in [6.45, 7) is 3.77. The molecule has 0 aromatic carbocycles. The molecule has 1 unspecified atom stereocenters. The highest BCUT2D eigenvalue weighted by Crippen LogP contribution is 2.44. The number of hydrogen-bond acceptors (Lipinski definition) is 10. The lowest BCUT2D eigenvalue weighted by molar-refractivity contribution is 0.460. The molecule has 3 heterocycles. The standard InChI is InChI=1S/C15H19N5O5S3/c1-8-5-6-10(25-8)7-16-13-14(19-27(22)18-13)17-11-9(2)26-15(12(11)21)28(23,24)20(3)4/h5-6,21H,7H2,1-4H3,(H,16,18)(H,17,19). The Balaban J connectivity index is 1.87. The van der Waals surface area contributed by atoms with Crippen molar-refractivity contribution in [3.8, 4) is 5.75 Å². The Morgan fingerprint density at radius 1 is 1.29 bits per heavy atom. The number of hydrogen-bond donors (Lipinski definition) is 3. The molecular formula is C15H19N5O5S3. The summed E-state index contributed by atoms with van der Waals surface area (Å²) in [6, 6.07) is 3.62. The van der Waals surface area contributed by atoms with Crippen LogP contribution in [-0.2, 0) is 16.6 Å². The van der Waals surface area contributed by atoms with Gasteiger partial charge in [-0.25, -0.2) is 12.7 Å². The Kier molecular flexibility index (Phi) is 5.63. The average Bonchev–Trinajstić information content (AvgIpc) is 3.26. The first-order chi connectivity index (χ1) is 13.1. The lowest BCUT2D eigenvalue weighted by Crippen LogP contribution is -2.21. The summed E-state index contributed by atoms with van der Waals surface area (Å²) in [5.74, 6) is 1.35. The second-order valence-electron chi connectivity index (χ2n) is 6.06. The van der Waals surface area contributed by atoms with E-state index in [2.05, 4.69) is 19.4 Å². The monoisotopic (exact) mass is 445 g/mol.